The molecule has 0 aliphatic carbocycles. The average Bonchev–Trinajstić information content (AvgIpc) is 2.91. The van der Waals surface area contributed by atoms with Crippen molar-refractivity contribution in [2.24, 2.45) is 5.92 Å². The Balaban J connectivity index is 1.97. The van der Waals surface area contributed by atoms with Crippen molar-refractivity contribution in [3.05, 3.63) is 31.9 Å². The molecule has 110 valence electrons. The van der Waals surface area contributed by atoms with Crippen molar-refractivity contribution < 1.29 is 0 Å². The molecule has 2 rings (SSSR count). The molecule has 0 saturated carbocycles. The molecule has 0 aliphatic rings. The molecule has 4 nitrogen and oxygen atoms in total. The molecular formula is C14H21BrN4S. The Kier molecular flexibility index (Phi) is 5.35. The van der Waals surface area contributed by atoms with Crippen LogP contribution in [-0.2, 0) is 13.1 Å². The molecule has 2 aromatic rings. The zero-order valence-electron chi connectivity index (χ0n) is 12.4. The molecule has 0 radical (unpaired) electrons. The number of hydrogen-bond acceptors (Lipinski definition) is 4. The van der Waals surface area contributed by atoms with Gasteiger partial charge in [-0.15, -0.1) is 11.3 Å². The van der Waals surface area contributed by atoms with Gasteiger partial charge in [-0.05, 0) is 42.2 Å². The molecule has 0 aromatic carbocycles. The number of thiazole rings is 1. The number of halogens is 1. The van der Waals surface area contributed by atoms with Gasteiger partial charge in [0.2, 0.25) is 0 Å². The van der Waals surface area contributed by atoms with Gasteiger partial charge in [0, 0.05) is 11.9 Å². The van der Waals surface area contributed by atoms with E-state index in [1.807, 2.05) is 11.6 Å². The van der Waals surface area contributed by atoms with Crippen molar-refractivity contribution in [1.29, 1.82) is 0 Å². The normalized spacial score (nSPS) is 11.5. The first-order chi connectivity index (χ1) is 9.47. The smallest absolute Gasteiger partial charge is 0.107 e. The molecule has 0 fully saturated rings. The fraction of sp³-hybridized carbons (Fsp3) is 0.571. The molecule has 0 unspecified atom stereocenters. The van der Waals surface area contributed by atoms with E-state index in [2.05, 4.69) is 57.5 Å². The lowest BCUT2D eigenvalue weighted by atomic mass is 10.2. The highest BCUT2D eigenvalue weighted by atomic mass is 79.9. The van der Waals surface area contributed by atoms with E-state index < -0.39 is 0 Å². The molecule has 0 bridgehead atoms. The lowest BCUT2D eigenvalue weighted by Gasteiger charge is -2.04. The largest absolute Gasteiger partial charge is 0.310 e. The molecule has 20 heavy (non-hydrogen) atoms. The molecule has 2 aromatic heterocycles. The van der Waals surface area contributed by atoms with Crippen molar-refractivity contribution in [3.63, 3.8) is 0 Å². The molecule has 0 amide bonds. The Bertz CT molecular complexity index is 574. The average molecular weight is 357 g/mol. The minimum absolute atomic E-state index is 0.668. The maximum atomic E-state index is 4.66. The molecule has 2 heterocycles. The minimum Gasteiger partial charge on any atom is -0.310 e. The highest BCUT2D eigenvalue weighted by molar-refractivity contribution is 9.10. The van der Waals surface area contributed by atoms with Gasteiger partial charge in [0.25, 0.3) is 0 Å². The molecule has 0 aliphatic heterocycles. The molecule has 0 saturated heterocycles. The first kappa shape index (κ1) is 15.7. The topological polar surface area (TPSA) is 42.7 Å². The van der Waals surface area contributed by atoms with Crippen LogP contribution < -0.4 is 5.32 Å². The fourth-order valence-corrected chi connectivity index (χ4v) is 2.99. The highest BCUT2D eigenvalue weighted by Gasteiger charge is 2.10. The summed E-state index contributed by atoms with van der Waals surface area (Å²) in [5.74, 6) is 0.668. The minimum atomic E-state index is 0.668. The quantitative estimate of drug-likeness (QED) is 0.860. The SMILES string of the molecule is Cc1nn(Cc2csc(CNCC(C)C)n2)c(C)c1Br. The summed E-state index contributed by atoms with van der Waals surface area (Å²) in [6.45, 7) is 11.1. The molecule has 0 atom stereocenters. The summed E-state index contributed by atoms with van der Waals surface area (Å²) < 4.78 is 3.09. The lowest BCUT2D eigenvalue weighted by Crippen LogP contribution is -2.18. The predicted molar refractivity (Wildman–Crippen MR) is 87.2 cm³/mol. The second-order valence-corrected chi connectivity index (χ2v) is 7.14. The first-order valence-corrected chi connectivity index (χ1v) is 8.48. The number of rotatable bonds is 6. The van der Waals surface area contributed by atoms with Crippen molar-refractivity contribution >= 4 is 27.3 Å². The molecule has 6 heteroatoms. The summed E-state index contributed by atoms with van der Waals surface area (Å²) in [7, 11) is 0. The van der Waals surface area contributed by atoms with Crippen molar-refractivity contribution in [2.75, 3.05) is 6.54 Å². The molecular weight excluding hydrogens is 336 g/mol. The predicted octanol–water partition coefficient (Wildman–Crippen LogP) is 3.51. The third kappa shape index (κ3) is 3.90. The lowest BCUT2D eigenvalue weighted by molar-refractivity contribution is 0.550. The Hall–Kier alpha value is -0.720. The van der Waals surface area contributed by atoms with E-state index in [9.17, 15) is 0 Å². The van der Waals surface area contributed by atoms with Crippen molar-refractivity contribution in [3.8, 4) is 0 Å². The van der Waals surface area contributed by atoms with Crippen LogP contribution in [0.5, 0.6) is 0 Å². The van der Waals surface area contributed by atoms with Crippen LogP contribution in [0.15, 0.2) is 9.85 Å². The van der Waals surface area contributed by atoms with Crippen LogP contribution in [0.3, 0.4) is 0 Å². The van der Waals surface area contributed by atoms with Crippen LogP contribution in [0.2, 0.25) is 0 Å². The summed E-state index contributed by atoms with van der Waals surface area (Å²) in [5, 5.41) is 11.2. The standard InChI is InChI=1S/C14H21BrN4S/c1-9(2)5-16-6-13-17-12(8-20-13)7-19-11(4)14(15)10(3)18-19/h8-9,16H,5-7H2,1-4H3. The number of hydrogen-bond donors (Lipinski definition) is 1. The summed E-state index contributed by atoms with van der Waals surface area (Å²) in [6.07, 6.45) is 0. The zero-order valence-corrected chi connectivity index (χ0v) is 14.8. The van der Waals surface area contributed by atoms with Gasteiger partial charge >= 0.3 is 0 Å². The van der Waals surface area contributed by atoms with Gasteiger partial charge in [-0.1, -0.05) is 13.8 Å². The van der Waals surface area contributed by atoms with E-state index in [1.54, 1.807) is 11.3 Å². The molecule has 1 N–H and O–H groups in total. The second kappa shape index (κ2) is 6.83. The fourth-order valence-electron chi connectivity index (χ4n) is 1.95. The Morgan fingerprint density at radius 3 is 2.75 bits per heavy atom. The van der Waals surface area contributed by atoms with Crippen LogP contribution >= 0.6 is 27.3 Å². The Labute approximate surface area is 132 Å². The Morgan fingerprint density at radius 1 is 1.40 bits per heavy atom. The summed E-state index contributed by atoms with van der Waals surface area (Å²) >= 11 is 5.27. The van der Waals surface area contributed by atoms with Gasteiger partial charge in [0.1, 0.15) is 5.01 Å². The van der Waals surface area contributed by atoms with E-state index in [0.717, 1.165) is 46.2 Å². The van der Waals surface area contributed by atoms with Gasteiger partial charge in [-0.25, -0.2) is 4.98 Å². The molecule has 0 spiro atoms. The van der Waals surface area contributed by atoms with Gasteiger partial charge in [0.05, 0.1) is 28.1 Å². The van der Waals surface area contributed by atoms with Crippen LogP contribution in [0.25, 0.3) is 0 Å². The maximum Gasteiger partial charge on any atom is 0.107 e. The van der Waals surface area contributed by atoms with E-state index in [4.69, 9.17) is 0 Å². The van der Waals surface area contributed by atoms with Gasteiger partial charge in [-0.3, -0.25) is 4.68 Å². The summed E-state index contributed by atoms with van der Waals surface area (Å²) in [6, 6.07) is 0. The van der Waals surface area contributed by atoms with Crippen molar-refractivity contribution in [2.45, 2.75) is 40.8 Å². The number of nitrogens with one attached hydrogen (secondary N) is 1. The van der Waals surface area contributed by atoms with Crippen LogP contribution in [0.4, 0.5) is 0 Å². The Morgan fingerprint density at radius 2 is 2.15 bits per heavy atom. The van der Waals surface area contributed by atoms with Crippen molar-refractivity contribution in [1.82, 2.24) is 20.1 Å². The summed E-state index contributed by atoms with van der Waals surface area (Å²) in [5.41, 5.74) is 3.25. The summed E-state index contributed by atoms with van der Waals surface area (Å²) in [4.78, 5) is 4.66. The highest BCUT2D eigenvalue weighted by Crippen LogP contribution is 2.21. The van der Waals surface area contributed by atoms with Gasteiger partial charge in [0.15, 0.2) is 0 Å². The van der Waals surface area contributed by atoms with Gasteiger partial charge in [-0.2, -0.15) is 5.10 Å². The second-order valence-electron chi connectivity index (χ2n) is 5.40. The van der Waals surface area contributed by atoms with E-state index >= 15 is 0 Å². The zero-order chi connectivity index (χ0) is 14.7. The monoisotopic (exact) mass is 356 g/mol. The number of aromatic nitrogens is 3. The third-order valence-electron chi connectivity index (χ3n) is 3.03. The number of aryl methyl sites for hydroxylation is 1. The maximum absolute atomic E-state index is 4.66. The van der Waals surface area contributed by atoms with Crippen LogP contribution in [0, 0.1) is 19.8 Å². The number of nitrogens with zero attached hydrogens (tertiary/aromatic N) is 3. The van der Waals surface area contributed by atoms with E-state index in [-0.39, 0.29) is 0 Å². The van der Waals surface area contributed by atoms with E-state index in [1.165, 1.54) is 0 Å². The van der Waals surface area contributed by atoms with Gasteiger partial charge < -0.3 is 5.32 Å². The van der Waals surface area contributed by atoms with E-state index in [0.29, 0.717) is 5.92 Å². The van der Waals surface area contributed by atoms with Crippen LogP contribution in [0.1, 0.15) is 35.9 Å². The first-order valence-electron chi connectivity index (χ1n) is 6.81. The van der Waals surface area contributed by atoms with Crippen LogP contribution in [-0.4, -0.2) is 21.3 Å². The third-order valence-corrected chi connectivity index (χ3v) is 5.08.